The quantitative estimate of drug-likeness (QED) is 0.789. The van der Waals surface area contributed by atoms with Crippen molar-refractivity contribution in [2.24, 2.45) is 16.7 Å². The van der Waals surface area contributed by atoms with E-state index in [1.807, 2.05) is 0 Å². The van der Waals surface area contributed by atoms with Gasteiger partial charge in [0.05, 0.1) is 5.69 Å². The number of sulfonamides is 1. The Morgan fingerprint density at radius 2 is 1.93 bits per heavy atom. The minimum atomic E-state index is -3.58. The molecule has 0 spiro atoms. The molecule has 2 bridgehead atoms. The molecule has 1 aliphatic heterocycles. The van der Waals surface area contributed by atoms with Crippen LogP contribution in [-0.4, -0.2) is 44.8 Å². The average molecular weight is 406 g/mol. The van der Waals surface area contributed by atoms with Gasteiger partial charge in [0, 0.05) is 31.7 Å². The van der Waals surface area contributed by atoms with Crippen molar-refractivity contribution in [2.75, 3.05) is 25.5 Å². The van der Waals surface area contributed by atoms with E-state index in [2.05, 4.69) is 31.4 Å². The summed E-state index contributed by atoms with van der Waals surface area (Å²) >= 11 is 0. The predicted octanol–water partition coefficient (Wildman–Crippen LogP) is 3.07. The molecule has 0 aromatic heterocycles. The summed E-state index contributed by atoms with van der Waals surface area (Å²) in [6.45, 7) is 7.85. The summed E-state index contributed by atoms with van der Waals surface area (Å²) in [5.74, 6) is 0.450. The van der Waals surface area contributed by atoms with Crippen LogP contribution in [-0.2, 0) is 10.0 Å². The zero-order valence-corrected chi connectivity index (χ0v) is 18.0. The van der Waals surface area contributed by atoms with Crippen LogP contribution in [0.3, 0.4) is 0 Å². The van der Waals surface area contributed by atoms with Gasteiger partial charge in [-0.15, -0.1) is 0 Å². The smallest absolute Gasteiger partial charge is 0.251 e. The van der Waals surface area contributed by atoms with Crippen LogP contribution < -0.4 is 10.6 Å². The van der Waals surface area contributed by atoms with Crippen LogP contribution >= 0.6 is 0 Å². The second-order valence-corrected chi connectivity index (χ2v) is 11.4. The molecule has 1 heterocycles. The zero-order valence-electron chi connectivity index (χ0n) is 17.2. The minimum absolute atomic E-state index is 0.0557. The number of carbonyl (C=O) groups excluding carboxylic acids is 1. The molecule has 28 heavy (non-hydrogen) atoms. The van der Waals surface area contributed by atoms with Gasteiger partial charge >= 0.3 is 0 Å². The molecule has 2 saturated carbocycles. The van der Waals surface area contributed by atoms with Crippen molar-refractivity contribution in [3.8, 4) is 0 Å². The molecule has 3 atom stereocenters. The van der Waals surface area contributed by atoms with E-state index in [0.29, 0.717) is 30.3 Å². The Hall–Kier alpha value is -1.60. The molecule has 1 aromatic rings. The Morgan fingerprint density at radius 1 is 1.21 bits per heavy atom. The van der Waals surface area contributed by atoms with Gasteiger partial charge in [-0.2, -0.15) is 4.31 Å². The Bertz CT molecular complexity index is 903. The third kappa shape index (κ3) is 2.86. The van der Waals surface area contributed by atoms with Gasteiger partial charge in [0.15, 0.2) is 0 Å². The van der Waals surface area contributed by atoms with Crippen molar-refractivity contribution < 1.29 is 13.2 Å². The van der Waals surface area contributed by atoms with Crippen molar-refractivity contribution in [3.05, 3.63) is 23.8 Å². The van der Waals surface area contributed by atoms with Gasteiger partial charge in [0.1, 0.15) is 4.90 Å². The molecule has 2 aliphatic carbocycles. The fourth-order valence-corrected chi connectivity index (χ4v) is 7.37. The average Bonchev–Trinajstić information content (AvgIpc) is 3.07. The zero-order chi connectivity index (χ0) is 20.3. The lowest BCUT2D eigenvalue weighted by Crippen LogP contribution is -2.52. The van der Waals surface area contributed by atoms with Crippen LogP contribution in [0.2, 0.25) is 0 Å². The summed E-state index contributed by atoms with van der Waals surface area (Å²) in [6, 6.07) is 5.02. The fourth-order valence-electron chi connectivity index (χ4n) is 5.63. The maximum atomic E-state index is 13.1. The molecule has 1 amide bonds. The molecule has 3 fully saturated rings. The van der Waals surface area contributed by atoms with Gasteiger partial charge < -0.3 is 10.6 Å². The first-order valence-electron chi connectivity index (χ1n) is 10.2. The molecule has 1 aromatic carbocycles. The van der Waals surface area contributed by atoms with Crippen molar-refractivity contribution in [1.29, 1.82) is 0 Å². The van der Waals surface area contributed by atoms with Gasteiger partial charge in [-0.05, 0) is 60.6 Å². The van der Waals surface area contributed by atoms with E-state index in [9.17, 15) is 13.2 Å². The fraction of sp³-hybridized carbons (Fsp3) is 0.667. The van der Waals surface area contributed by atoms with Gasteiger partial charge in [0.25, 0.3) is 5.91 Å². The predicted molar refractivity (Wildman–Crippen MR) is 110 cm³/mol. The molecular weight excluding hydrogens is 374 g/mol. The van der Waals surface area contributed by atoms with Gasteiger partial charge in [-0.25, -0.2) is 8.42 Å². The van der Waals surface area contributed by atoms with E-state index in [4.69, 9.17) is 0 Å². The summed E-state index contributed by atoms with van der Waals surface area (Å²) in [5.41, 5.74) is 1.11. The van der Waals surface area contributed by atoms with E-state index in [-0.39, 0.29) is 27.7 Å². The number of nitrogens with one attached hydrogen (secondary N) is 2. The van der Waals surface area contributed by atoms with Crippen molar-refractivity contribution in [1.82, 2.24) is 9.62 Å². The first-order valence-corrected chi connectivity index (χ1v) is 11.7. The molecule has 6 nitrogen and oxygen atoms in total. The van der Waals surface area contributed by atoms with E-state index in [1.54, 1.807) is 19.2 Å². The largest absolute Gasteiger partial charge is 0.387 e. The van der Waals surface area contributed by atoms with Crippen LogP contribution in [0.4, 0.5) is 5.69 Å². The maximum Gasteiger partial charge on any atom is 0.251 e. The number of benzene rings is 1. The van der Waals surface area contributed by atoms with Crippen LogP contribution in [0.15, 0.2) is 23.1 Å². The Labute approximate surface area is 168 Å². The lowest BCUT2D eigenvalue weighted by Gasteiger charge is -2.43. The van der Waals surface area contributed by atoms with Gasteiger partial charge in [-0.1, -0.05) is 20.8 Å². The summed E-state index contributed by atoms with van der Waals surface area (Å²) in [7, 11) is -1.88. The normalized spacial score (nSPS) is 31.4. The molecule has 0 radical (unpaired) electrons. The number of anilines is 1. The van der Waals surface area contributed by atoms with E-state index < -0.39 is 10.0 Å². The van der Waals surface area contributed by atoms with Crippen LogP contribution in [0.1, 0.15) is 56.8 Å². The standard InChI is InChI=1S/C21H31N3O3S/c1-20(2)15-8-9-21(3,13-15)19(20)23-18(25)14-6-7-16(22-4)17(12-14)28(26,27)24-10-5-11-24/h6-7,12,15,19,22H,5,8-11,13H2,1-4H3,(H,23,25)/t15-,19?,21-/m1/s1. The molecule has 7 heteroatoms. The Kier molecular flexibility index (Phi) is 4.54. The highest BCUT2D eigenvalue weighted by atomic mass is 32.2. The van der Waals surface area contributed by atoms with E-state index >= 15 is 0 Å². The molecule has 1 unspecified atom stereocenters. The summed E-state index contributed by atoms with van der Waals surface area (Å²) in [6.07, 6.45) is 4.40. The molecule has 4 rings (SSSR count). The summed E-state index contributed by atoms with van der Waals surface area (Å²) < 4.78 is 27.3. The Morgan fingerprint density at radius 3 is 2.46 bits per heavy atom. The number of hydrogen-bond acceptors (Lipinski definition) is 4. The van der Waals surface area contributed by atoms with Crippen molar-refractivity contribution in [2.45, 2.75) is 57.4 Å². The first kappa shape index (κ1) is 19.7. The molecule has 3 aliphatic rings. The lowest BCUT2D eigenvalue weighted by molar-refractivity contribution is 0.0737. The highest BCUT2D eigenvalue weighted by molar-refractivity contribution is 7.89. The molecular formula is C21H31N3O3S. The van der Waals surface area contributed by atoms with Crippen molar-refractivity contribution in [3.63, 3.8) is 0 Å². The highest BCUT2D eigenvalue weighted by Gasteiger charge is 2.59. The minimum Gasteiger partial charge on any atom is -0.387 e. The Balaban J connectivity index is 1.63. The molecule has 154 valence electrons. The van der Waals surface area contributed by atoms with Gasteiger partial charge in [-0.3, -0.25) is 4.79 Å². The number of nitrogens with zero attached hydrogens (tertiary/aromatic N) is 1. The van der Waals surface area contributed by atoms with Crippen LogP contribution in [0.5, 0.6) is 0 Å². The topological polar surface area (TPSA) is 78.5 Å². The third-order valence-electron chi connectivity index (χ3n) is 7.49. The van der Waals surface area contributed by atoms with E-state index in [1.165, 1.54) is 16.8 Å². The lowest BCUT2D eigenvalue weighted by atomic mass is 9.68. The molecule has 2 N–H and O–H groups in total. The monoisotopic (exact) mass is 405 g/mol. The van der Waals surface area contributed by atoms with Crippen LogP contribution in [0.25, 0.3) is 0 Å². The summed E-state index contributed by atoms with van der Waals surface area (Å²) in [5, 5.41) is 6.21. The van der Waals surface area contributed by atoms with Crippen LogP contribution in [0, 0.1) is 16.7 Å². The SMILES string of the molecule is CNc1ccc(C(=O)NC2C(C)(C)[C@@H]3CC[C@]2(C)C3)cc1S(=O)(=O)N1CCC1. The number of rotatable bonds is 5. The van der Waals surface area contributed by atoms with E-state index in [0.717, 1.165) is 19.3 Å². The van der Waals surface area contributed by atoms with Gasteiger partial charge in [0.2, 0.25) is 10.0 Å². The number of fused-ring (bicyclic) bond motifs is 2. The number of amides is 1. The summed E-state index contributed by atoms with van der Waals surface area (Å²) in [4.78, 5) is 13.3. The first-order chi connectivity index (χ1) is 13.1. The second-order valence-electron chi connectivity index (χ2n) is 9.54. The second kappa shape index (κ2) is 6.46. The highest BCUT2D eigenvalue weighted by Crippen LogP contribution is 2.62. The van der Waals surface area contributed by atoms with Crippen molar-refractivity contribution >= 4 is 21.6 Å². The molecule has 1 saturated heterocycles. The third-order valence-corrected chi connectivity index (χ3v) is 9.43. The maximum absolute atomic E-state index is 13.1. The number of hydrogen-bond donors (Lipinski definition) is 2. The number of carbonyl (C=O) groups is 1.